The van der Waals surface area contributed by atoms with Crippen LogP contribution in [0.5, 0.6) is 0 Å². The van der Waals surface area contributed by atoms with Gasteiger partial charge in [-0.25, -0.2) is 0 Å². The first kappa shape index (κ1) is 11.9. The molecule has 3 N–H and O–H groups in total. The summed E-state index contributed by atoms with van der Waals surface area (Å²) in [4.78, 5) is 0. The molecule has 2 rings (SSSR count). The van der Waals surface area contributed by atoms with Gasteiger partial charge in [0.15, 0.2) is 0 Å². The molecule has 0 heterocycles. The van der Waals surface area contributed by atoms with E-state index in [9.17, 15) is 0 Å². The lowest BCUT2D eigenvalue weighted by molar-refractivity contribution is 0.364. The van der Waals surface area contributed by atoms with Crippen molar-refractivity contribution in [2.24, 2.45) is 17.7 Å². The summed E-state index contributed by atoms with van der Waals surface area (Å²) in [5.74, 6) is 7.17. The van der Waals surface area contributed by atoms with Crippen molar-refractivity contribution in [2.75, 3.05) is 0 Å². The summed E-state index contributed by atoms with van der Waals surface area (Å²) in [6.07, 6.45) is 3.84. The van der Waals surface area contributed by atoms with Crippen molar-refractivity contribution in [1.29, 1.82) is 0 Å². The van der Waals surface area contributed by atoms with E-state index in [0.29, 0.717) is 5.92 Å². The molecular weight excluding hydrogens is 220 g/mol. The Morgan fingerprint density at radius 3 is 2.50 bits per heavy atom. The van der Waals surface area contributed by atoms with Gasteiger partial charge in [-0.2, -0.15) is 0 Å². The minimum atomic E-state index is 0.266. The standard InChI is InChI=1S/C13H19ClN2/c1-9-2-3-11(8-9)13(16-15)10-4-6-12(14)7-5-10/h4-7,9,11,13,16H,2-3,8,15H2,1H3. The molecule has 0 amide bonds. The average Bonchev–Trinajstić information content (AvgIpc) is 2.69. The normalized spacial score (nSPS) is 26.9. The van der Waals surface area contributed by atoms with Gasteiger partial charge in [-0.05, 0) is 42.4 Å². The molecule has 0 saturated heterocycles. The third-order valence-corrected chi connectivity index (χ3v) is 3.87. The lowest BCUT2D eigenvalue weighted by atomic mass is 9.91. The van der Waals surface area contributed by atoms with E-state index in [-0.39, 0.29) is 6.04 Å². The van der Waals surface area contributed by atoms with Crippen LogP contribution in [-0.4, -0.2) is 0 Å². The number of nitrogens with two attached hydrogens (primary N) is 1. The smallest absolute Gasteiger partial charge is 0.0488 e. The van der Waals surface area contributed by atoms with Gasteiger partial charge in [0.1, 0.15) is 0 Å². The molecule has 16 heavy (non-hydrogen) atoms. The van der Waals surface area contributed by atoms with E-state index in [1.54, 1.807) is 0 Å². The zero-order valence-electron chi connectivity index (χ0n) is 9.62. The summed E-state index contributed by atoms with van der Waals surface area (Å²) >= 11 is 5.89. The second kappa shape index (κ2) is 5.17. The molecule has 0 aliphatic heterocycles. The van der Waals surface area contributed by atoms with Crippen molar-refractivity contribution >= 4 is 11.6 Å². The first-order valence-electron chi connectivity index (χ1n) is 5.92. The van der Waals surface area contributed by atoms with Crippen molar-refractivity contribution in [1.82, 2.24) is 5.43 Å². The van der Waals surface area contributed by atoms with Gasteiger partial charge < -0.3 is 0 Å². The molecule has 88 valence electrons. The minimum Gasteiger partial charge on any atom is -0.271 e. The number of hydrogen-bond donors (Lipinski definition) is 2. The highest BCUT2D eigenvalue weighted by Crippen LogP contribution is 2.38. The van der Waals surface area contributed by atoms with Crippen LogP contribution >= 0.6 is 11.6 Å². The minimum absolute atomic E-state index is 0.266. The highest BCUT2D eigenvalue weighted by atomic mass is 35.5. The average molecular weight is 239 g/mol. The van der Waals surface area contributed by atoms with E-state index < -0.39 is 0 Å². The number of rotatable bonds is 3. The summed E-state index contributed by atoms with van der Waals surface area (Å²) < 4.78 is 0. The molecular formula is C13H19ClN2. The summed E-state index contributed by atoms with van der Waals surface area (Å²) in [6.45, 7) is 2.31. The lowest BCUT2D eigenvalue weighted by Gasteiger charge is -2.23. The van der Waals surface area contributed by atoms with Crippen LogP contribution in [0.2, 0.25) is 5.02 Å². The van der Waals surface area contributed by atoms with E-state index in [4.69, 9.17) is 17.4 Å². The van der Waals surface area contributed by atoms with Gasteiger partial charge in [-0.1, -0.05) is 37.1 Å². The van der Waals surface area contributed by atoms with Crippen LogP contribution in [-0.2, 0) is 0 Å². The van der Waals surface area contributed by atoms with Gasteiger partial charge in [-0.3, -0.25) is 11.3 Å². The molecule has 0 aromatic heterocycles. The lowest BCUT2D eigenvalue weighted by Crippen LogP contribution is -2.32. The van der Waals surface area contributed by atoms with Crippen LogP contribution in [0, 0.1) is 11.8 Å². The van der Waals surface area contributed by atoms with Crippen LogP contribution in [0.15, 0.2) is 24.3 Å². The topological polar surface area (TPSA) is 38.0 Å². The largest absolute Gasteiger partial charge is 0.271 e. The first-order valence-corrected chi connectivity index (χ1v) is 6.30. The van der Waals surface area contributed by atoms with Gasteiger partial charge in [-0.15, -0.1) is 0 Å². The molecule has 1 aromatic carbocycles. The fourth-order valence-electron chi connectivity index (χ4n) is 2.73. The van der Waals surface area contributed by atoms with Crippen LogP contribution < -0.4 is 11.3 Å². The molecule has 1 aromatic rings. The molecule has 1 saturated carbocycles. The molecule has 3 atom stereocenters. The second-order valence-electron chi connectivity index (χ2n) is 4.87. The van der Waals surface area contributed by atoms with Crippen molar-refractivity contribution < 1.29 is 0 Å². The Morgan fingerprint density at radius 2 is 2.00 bits per heavy atom. The monoisotopic (exact) mass is 238 g/mol. The van der Waals surface area contributed by atoms with Crippen molar-refractivity contribution in [3.63, 3.8) is 0 Å². The van der Waals surface area contributed by atoms with Crippen molar-refractivity contribution in [2.45, 2.75) is 32.2 Å². The first-order chi connectivity index (χ1) is 7.70. The molecule has 3 heteroatoms. The molecule has 1 aliphatic carbocycles. The highest BCUT2D eigenvalue weighted by molar-refractivity contribution is 6.30. The SMILES string of the molecule is CC1CCC(C(NN)c2ccc(Cl)cc2)C1. The molecule has 0 bridgehead atoms. The fourth-order valence-corrected chi connectivity index (χ4v) is 2.85. The van der Waals surface area contributed by atoms with Crippen molar-refractivity contribution in [3.8, 4) is 0 Å². The van der Waals surface area contributed by atoms with E-state index in [2.05, 4.69) is 24.5 Å². The summed E-state index contributed by atoms with van der Waals surface area (Å²) in [5, 5.41) is 0.777. The quantitative estimate of drug-likeness (QED) is 0.627. The Kier molecular flexibility index (Phi) is 3.85. The fraction of sp³-hybridized carbons (Fsp3) is 0.538. The van der Waals surface area contributed by atoms with Gasteiger partial charge in [0, 0.05) is 11.1 Å². The highest BCUT2D eigenvalue weighted by Gasteiger charge is 2.28. The van der Waals surface area contributed by atoms with Crippen LogP contribution in [0.3, 0.4) is 0 Å². The van der Waals surface area contributed by atoms with Gasteiger partial charge in [0.25, 0.3) is 0 Å². The molecule has 0 spiro atoms. The Labute approximate surface area is 102 Å². The molecule has 0 radical (unpaired) electrons. The third-order valence-electron chi connectivity index (χ3n) is 3.62. The maximum absolute atomic E-state index is 5.89. The zero-order chi connectivity index (χ0) is 11.5. The molecule has 3 unspecified atom stereocenters. The summed E-state index contributed by atoms with van der Waals surface area (Å²) in [6, 6.07) is 8.26. The maximum atomic E-state index is 5.89. The third kappa shape index (κ3) is 2.57. The number of hydrogen-bond acceptors (Lipinski definition) is 2. The van der Waals surface area contributed by atoms with E-state index in [1.165, 1.54) is 24.8 Å². The number of hydrazine groups is 1. The van der Waals surface area contributed by atoms with Crippen molar-refractivity contribution in [3.05, 3.63) is 34.9 Å². The van der Waals surface area contributed by atoms with Crippen LogP contribution in [0.25, 0.3) is 0 Å². The predicted octanol–water partition coefficient (Wildman–Crippen LogP) is 3.28. The Balaban J connectivity index is 2.13. The van der Waals surface area contributed by atoms with Gasteiger partial charge in [0.05, 0.1) is 0 Å². The Hall–Kier alpha value is -0.570. The number of nitrogens with one attached hydrogen (secondary N) is 1. The summed E-state index contributed by atoms with van der Waals surface area (Å²) in [7, 11) is 0. The second-order valence-corrected chi connectivity index (χ2v) is 5.31. The van der Waals surface area contributed by atoms with Gasteiger partial charge >= 0.3 is 0 Å². The zero-order valence-corrected chi connectivity index (χ0v) is 10.4. The van der Waals surface area contributed by atoms with Gasteiger partial charge in [0.2, 0.25) is 0 Å². The van der Waals surface area contributed by atoms with Crippen LogP contribution in [0.1, 0.15) is 37.8 Å². The van der Waals surface area contributed by atoms with Crippen LogP contribution in [0.4, 0.5) is 0 Å². The number of benzene rings is 1. The van der Waals surface area contributed by atoms with E-state index >= 15 is 0 Å². The van der Waals surface area contributed by atoms with E-state index in [0.717, 1.165) is 10.9 Å². The van der Waals surface area contributed by atoms with E-state index in [1.807, 2.05) is 12.1 Å². The predicted molar refractivity (Wildman–Crippen MR) is 68.0 cm³/mol. The summed E-state index contributed by atoms with van der Waals surface area (Å²) in [5.41, 5.74) is 4.20. The number of halogens is 1. The molecule has 1 aliphatic rings. The molecule has 1 fully saturated rings. The maximum Gasteiger partial charge on any atom is 0.0488 e. The Bertz CT molecular complexity index is 336. The molecule has 2 nitrogen and oxygen atoms in total. The Morgan fingerprint density at radius 1 is 1.31 bits per heavy atom.